The number of para-hydroxylation sites is 1. The van der Waals surface area contributed by atoms with Gasteiger partial charge < -0.3 is 9.84 Å². The molecule has 4 nitrogen and oxygen atoms in total. The van der Waals surface area contributed by atoms with E-state index in [1.807, 2.05) is 37.3 Å². The smallest absolute Gasteiger partial charge is 0.123 e. The Bertz CT molecular complexity index is 708. The fraction of sp³-hybridized carbons (Fsp3) is 0.455. The zero-order chi connectivity index (χ0) is 19.1. The van der Waals surface area contributed by atoms with E-state index in [9.17, 15) is 9.50 Å². The summed E-state index contributed by atoms with van der Waals surface area (Å²) in [5, 5.41) is 9.54. The predicted octanol–water partition coefficient (Wildman–Crippen LogP) is 3.29. The van der Waals surface area contributed by atoms with Crippen LogP contribution in [0.25, 0.3) is 0 Å². The summed E-state index contributed by atoms with van der Waals surface area (Å²) in [4.78, 5) is 4.83. The highest BCUT2D eigenvalue weighted by atomic mass is 19.1. The Morgan fingerprint density at radius 1 is 1.07 bits per heavy atom. The van der Waals surface area contributed by atoms with Crippen LogP contribution >= 0.6 is 0 Å². The van der Waals surface area contributed by atoms with Crippen LogP contribution < -0.4 is 4.74 Å². The van der Waals surface area contributed by atoms with Gasteiger partial charge in [-0.2, -0.15) is 0 Å². The molecule has 1 saturated heterocycles. The van der Waals surface area contributed by atoms with E-state index in [0.29, 0.717) is 12.6 Å². The predicted molar refractivity (Wildman–Crippen MR) is 105 cm³/mol. The fourth-order valence-corrected chi connectivity index (χ4v) is 3.73. The summed E-state index contributed by atoms with van der Waals surface area (Å²) < 4.78 is 18.9. The van der Waals surface area contributed by atoms with Crippen LogP contribution in [0.2, 0.25) is 0 Å². The van der Waals surface area contributed by atoms with Crippen molar-refractivity contribution in [1.29, 1.82) is 0 Å². The van der Waals surface area contributed by atoms with Crippen molar-refractivity contribution < 1.29 is 14.2 Å². The fourth-order valence-electron chi connectivity index (χ4n) is 3.73. The minimum atomic E-state index is -0.199. The van der Waals surface area contributed by atoms with Crippen molar-refractivity contribution in [2.24, 2.45) is 0 Å². The van der Waals surface area contributed by atoms with E-state index in [0.717, 1.165) is 50.5 Å². The maximum absolute atomic E-state index is 13.1. The third-order valence-corrected chi connectivity index (χ3v) is 5.12. The van der Waals surface area contributed by atoms with E-state index < -0.39 is 0 Å². The first kappa shape index (κ1) is 19.8. The van der Waals surface area contributed by atoms with Crippen LogP contribution in [0, 0.1) is 5.82 Å². The Morgan fingerprint density at radius 3 is 2.59 bits per heavy atom. The molecule has 2 aromatic carbocycles. The van der Waals surface area contributed by atoms with Gasteiger partial charge in [0.15, 0.2) is 0 Å². The number of benzene rings is 2. The molecular formula is C22H29FN2O2. The Balaban J connectivity index is 1.65. The monoisotopic (exact) mass is 372 g/mol. The highest BCUT2D eigenvalue weighted by Crippen LogP contribution is 2.24. The molecule has 146 valence electrons. The highest BCUT2D eigenvalue weighted by molar-refractivity contribution is 5.33. The molecule has 1 atom stereocenters. The van der Waals surface area contributed by atoms with E-state index in [2.05, 4.69) is 15.9 Å². The zero-order valence-electron chi connectivity index (χ0n) is 16.0. The number of piperazine rings is 1. The summed E-state index contributed by atoms with van der Waals surface area (Å²) in [6, 6.07) is 15.2. The van der Waals surface area contributed by atoms with Gasteiger partial charge in [0.25, 0.3) is 0 Å². The molecule has 0 radical (unpaired) electrons. The molecule has 1 heterocycles. The number of hydrogen-bond donors (Lipinski definition) is 1. The topological polar surface area (TPSA) is 35.9 Å². The SMILES string of the molecule is CCOc1ccccc1CN1CCN(Cc2ccc(F)cc2)C[C@@H]1CCO. The lowest BCUT2D eigenvalue weighted by atomic mass is 10.1. The number of ether oxygens (including phenoxy) is 1. The molecule has 0 unspecified atom stereocenters. The molecule has 3 rings (SSSR count). The second-order valence-electron chi connectivity index (χ2n) is 7.04. The first-order valence-electron chi connectivity index (χ1n) is 9.72. The van der Waals surface area contributed by atoms with Crippen molar-refractivity contribution in [2.45, 2.75) is 32.5 Å². The van der Waals surface area contributed by atoms with Gasteiger partial charge in [0, 0.05) is 50.9 Å². The van der Waals surface area contributed by atoms with Crippen molar-refractivity contribution in [1.82, 2.24) is 9.80 Å². The minimum absolute atomic E-state index is 0.179. The number of aliphatic hydroxyl groups excluding tert-OH is 1. The van der Waals surface area contributed by atoms with E-state index in [1.54, 1.807) is 0 Å². The van der Waals surface area contributed by atoms with Crippen LogP contribution in [-0.2, 0) is 13.1 Å². The van der Waals surface area contributed by atoms with Crippen molar-refractivity contribution in [3.63, 3.8) is 0 Å². The van der Waals surface area contributed by atoms with Gasteiger partial charge in [0.05, 0.1) is 6.61 Å². The van der Waals surface area contributed by atoms with Crippen LogP contribution in [0.3, 0.4) is 0 Å². The van der Waals surface area contributed by atoms with Gasteiger partial charge in [-0.1, -0.05) is 30.3 Å². The van der Waals surface area contributed by atoms with Gasteiger partial charge in [0.1, 0.15) is 11.6 Å². The Hall–Kier alpha value is -1.95. The summed E-state index contributed by atoms with van der Waals surface area (Å²) in [7, 11) is 0. The summed E-state index contributed by atoms with van der Waals surface area (Å²) in [5.41, 5.74) is 2.31. The number of hydrogen-bond acceptors (Lipinski definition) is 4. The summed E-state index contributed by atoms with van der Waals surface area (Å²) in [6.45, 7) is 7.26. The first-order chi connectivity index (χ1) is 13.2. The van der Waals surface area contributed by atoms with Gasteiger partial charge in [0.2, 0.25) is 0 Å². The molecule has 0 amide bonds. The van der Waals surface area contributed by atoms with E-state index >= 15 is 0 Å². The van der Waals surface area contributed by atoms with Crippen LogP contribution in [0.4, 0.5) is 4.39 Å². The molecule has 0 saturated carbocycles. The van der Waals surface area contributed by atoms with Gasteiger partial charge in [-0.25, -0.2) is 4.39 Å². The third kappa shape index (κ3) is 5.51. The molecule has 1 aliphatic rings. The molecule has 5 heteroatoms. The number of rotatable bonds is 8. The summed E-state index contributed by atoms with van der Waals surface area (Å²) in [6.07, 6.45) is 0.747. The first-order valence-corrected chi connectivity index (χ1v) is 9.72. The summed E-state index contributed by atoms with van der Waals surface area (Å²) >= 11 is 0. The molecule has 1 N–H and O–H groups in total. The molecule has 1 fully saturated rings. The molecule has 0 aliphatic carbocycles. The van der Waals surface area contributed by atoms with Gasteiger partial charge in [-0.3, -0.25) is 9.80 Å². The number of nitrogens with zero attached hydrogens (tertiary/aromatic N) is 2. The van der Waals surface area contributed by atoms with E-state index in [-0.39, 0.29) is 12.4 Å². The number of halogens is 1. The maximum atomic E-state index is 13.1. The van der Waals surface area contributed by atoms with Crippen LogP contribution in [0.15, 0.2) is 48.5 Å². The molecule has 0 spiro atoms. The standard InChI is InChI=1S/C22H29FN2O2/c1-2-27-22-6-4-3-5-19(22)16-25-13-12-24(17-21(25)11-14-26)15-18-7-9-20(23)10-8-18/h3-10,21,26H,2,11-17H2,1H3/t21-/m0/s1. The Kier molecular flexibility index (Phi) is 7.21. The molecule has 27 heavy (non-hydrogen) atoms. The largest absolute Gasteiger partial charge is 0.494 e. The Labute approximate surface area is 161 Å². The second-order valence-corrected chi connectivity index (χ2v) is 7.04. The van der Waals surface area contributed by atoms with Crippen LogP contribution in [0.1, 0.15) is 24.5 Å². The molecular weight excluding hydrogens is 343 g/mol. The van der Waals surface area contributed by atoms with Crippen molar-refractivity contribution in [3.05, 3.63) is 65.5 Å². The van der Waals surface area contributed by atoms with Gasteiger partial charge in [-0.15, -0.1) is 0 Å². The quantitative estimate of drug-likeness (QED) is 0.771. The van der Waals surface area contributed by atoms with Gasteiger partial charge >= 0.3 is 0 Å². The lowest BCUT2D eigenvalue weighted by Crippen LogP contribution is -2.52. The Morgan fingerprint density at radius 2 is 1.85 bits per heavy atom. The van der Waals surface area contributed by atoms with Crippen LogP contribution in [-0.4, -0.2) is 53.8 Å². The van der Waals surface area contributed by atoms with Crippen molar-refractivity contribution >= 4 is 0 Å². The van der Waals surface area contributed by atoms with E-state index in [1.165, 1.54) is 17.7 Å². The molecule has 2 aromatic rings. The third-order valence-electron chi connectivity index (χ3n) is 5.12. The zero-order valence-corrected chi connectivity index (χ0v) is 16.0. The summed E-state index contributed by atoms with van der Waals surface area (Å²) in [5.74, 6) is 0.742. The molecule has 0 aromatic heterocycles. The van der Waals surface area contributed by atoms with Gasteiger partial charge in [-0.05, 0) is 37.1 Å². The normalized spacial score (nSPS) is 18.6. The van der Waals surface area contributed by atoms with Crippen molar-refractivity contribution in [3.8, 4) is 5.75 Å². The molecule has 0 bridgehead atoms. The molecule has 1 aliphatic heterocycles. The van der Waals surface area contributed by atoms with E-state index in [4.69, 9.17) is 4.74 Å². The average Bonchev–Trinajstić information content (AvgIpc) is 2.67. The highest BCUT2D eigenvalue weighted by Gasteiger charge is 2.27. The lowest BCUT2D eigenvalue weighted by molar-refractivity contribution is 0.0494. The maximum Gasteiger partial charge on any atom is 0.123 e. The lowest BCUT2D eigenvalue weighted by Gasteiger charge is -2.41. The van der Waals surface area contributed by atoms with Crippen LogP contribution in [0.5, 0.6) is 5.75 Å². The minimum Gasteiger partial charge on any atom is -0.494 e. The second kappa shape index (κ2) is 9.83. The average molecular weight is 372 g/mol. The van der Waals surface area contributed by atoms with Crippen molar-refractivity contribution in [2.75, 3.05) is 32.8 Å². The number of aliphatic hydroxyl groups is 1.